The molecule has 6 nitrogen and oxygen atoms in total. The number of rotatable bonds is 4. The van der Waals surface area contributed by atoms with Gasteiger partial charge in [0.05, 0.1) is 0 Å². The zero-order valence-electron chi connectivity index (χ0n) is 10.7. The van der Waals surface area contributed by atoms with Gasteiger partial charge in [-0.3, -0.25) is 13.9 Å². The molecule has 2 rings (SSSR count). The third kappa shape index (κ3) is 2.10. The molecule has 1 N–H and O–H groups in total. The number of hydrogen-bond donors (Lipinski definition) is 1. The Labute approximate surface area is 108 Å². The van der Waals surface area contributed by atoms with E-state index >= 15 is 0 Å². The Bertz CT molecular complexity index is 683. The standard InChI is InChI=1S/C11H16N4O2S/c1-4-5-6-18-10-12-7-8(13-10)14(2)11(17)15(3)9(7)16/h4-6H2,1-3H3,(H,12,13). The average molecular weight is 268 g/mol. The van der Waals surface area contributed by atoms with Crippen molar-refractivity contribution in [2.24, 2.45) is 14.1 Å². The van der Waals surface area contributed by atoms with E-state index in [9.17, 15) is 9.59 Å². The minimum atomic E-state index is -0.357. The fourth-order valence-corrected chi connectivity index (χ4v) is 2.64. The summed E-state index contributed by atoms with van der Waals surface area (Å²) < 4.78 is 2.47. The number of unbranched alkanes of at least 4 members (excludes halogenated alkanes) is 1. The van der Waals surface area contributed by atoms with E-state index in [-0.39, 0.29) is 11.2 Å². The maximum absolute atomic E-state index is 11.9. The molecule has 2 aromatic heterocycles. The molecule has 0 aliphatic carbocycles. The summed E-state index contributed by atoms with van der Waals surface area (Å²) >= 11 is 1.57. The Balaban J connectivity index is 2.51. The quantitative estimate of drug-likeness (QED) is 0.659. The lowest BCUT2D eigenvalue weighted by Gasteiger charge is -2.00. The molecule has 0 spiro atoms. The van der Waals surface area contributed by atoms with Crippen LogP contribution < -0.4 is 11.2 Å². The molecule has 0 radical (unpaired) electrons. The number of aromatic amines is 1. The first-order chi connectivity index (χ1) is 8.56. The molecule has 2 aromatic rings. The van der Waals surface area contributed by atoms with Crippen molar-refractivity contribution in [1.29, 1.82) is 0 Å². The largest absolute Gasteiger partial charge is 0.332 e. The zero-order valence-corrected chi connectivity index (χ0v) is 11.5. The molecule has 2 heterocycles. The summed E-state index contributed by atoms with van der Waals surface area (Å²) in [7, 11) is 3.08. The maximum Gasteiger partial charge on any atom is 0.332 e. The smallest absolute Gasteiger partial charge is 0.327 e. The molecule has 0 bridgehead atoms. The van der Waals surface area contributed by atoms with Crippen LogP contribution in [-0.2, 0) is 14.1 Å². The van der Waals surface area contributed by atoms with Gasteiger partial charge < -0.3 is 4.98 Å². The third-order valence-corrected chi connectivity index (χ3v) is 3.77. The summed E-state index contributed by atoms with van der Waals surface area (Å²) in [5.74, 6) is 0.949. The first-order valence-corrected chi connectivity index (χ1v) is 6.83. The van der Waals surface area contributed by atoms with E-state index in [2.05, 4.69) is 16.9 Å². The Morgan fingerprint density at radius 2 is 2.00 bits per heavy atom. The van der Waals surface area contributed by atoms with Gasteiger partial charge in [-0.1, -0.05) is 25.1 Å². The molecule has 0 aliphatic rings. The van der Waals surface area contributed by atoms with E-state index in [0.29, 0.717) is 16.3 Å². The van der Waals surface area contributed by atoms with Gasteiger partial charge in [0.1, 0.15) is 0 Å². The van der Waals surface area contributed by atoms with Crippen LogP contribution in [0.5, 0.6) is 0 Å². The molecule has 0 amide bonds. The van der Waals surface area contributed by atoms with Crippen LogP contribution in [0.2, 0.25) is 0 Å². The average Bonchev–Trinajstić information content (AvgIpc) is 2.78. The highest BCUT2D eigenvalue weighted by Gasteiger charge is 2.13. The maximum atomic E-state index is 11.9. The van der Waals surface area contributed by atoms with Gasteiger partial charge in [-0.15, -0.1) is 0 Å². The van der Waals surface area contributed by atoms with Crippen molar-refractivity contribution in [3.63, 3.8) is 0 Å². The predicted molar refractivity (Wildman–Crippen MR) is 72.2 cm³/mol. The topological polar surface area (TPSA) is 72.7 Å². The molecule has 0 atom stereocenters. The second-order valence-corrected chi connectivity index (χ2v) is 5.23. The SMILES string of the molecule is CCCCSc1nc2c([nH]1)c(=O)n(C)c(=O)n2C. The van der Waals surface area contributed by atoms with Crippen molar-refractivity contribution >= 4 is 22.9 Å². The number of nitrogens with zero attached hydrogens (tertiary/aromatic N) is 3. The van der Waals surface area contributed by atoms with E-state index < -0.39 is 0 Å². The van der Waals surface area contributed by atoms with Crippen molar-refractivity contribution in [2.75, 3.05) is 5.75 Å². The first kappa shape index (κ1) is 12.9. The van der Waals surface area contributed by atoms with E-state index in [1.54, 1.807) is 18.8 Å². The van der Waals surface area contributed by atoms with Crippen molar-refractivity contribution in [3.05, 3.63) is 20.8 Å². The highest BCUT2D eigenvalue weighted by Crippen LogP contribution is 2.17. The normalized spacial score (nSPS) is 11.3. The lowest BCUT2D eigenvalue weighted by atomic mass is 10.4. The van der Waals surface area contributed by atoms with E-state index in [4.69, 9.17) is 0 Å². The monoisotopic (exact) mass is 268 g/mol. The summed E-state index contributed by atoms with van der Waals surface area (Å²) in [4.78, 5) is 30.9. The summed E-state index contributed by atoms with van der Waals surface area (Å²) in [6.45, 7) is 2.12. The molecule has 0 aromatic carbocycles. The highest BCUT2D eigenvalue weighted by atomic mass is 32.2. The van der Waals surface area contributed by atoms with E-state index in [1.165, 1.54) is 11.6 Å². The lowest BCUT2D eigenvalue weighted by molar-refractivity contribution is 0.708. The number of H-pyrrole nitrogens is 1. The molecule has 0 unspecified atom stereocenters. The van der Waals surface area contributed by atoms with Gasteiger partial charge in [-0.25, -0.2) is 9.78 Å². The molecule has 0 saturated carbocycles. The van der Waals surface area contributed by atoms with Crippen molar-refractivity contribution in [3.8, 4) is 0 Å². The van der Waals surface area contributed by atoms with Gasteiger partial charge in [0.15, 0.2) is 16.3 Å². The molecule has 0 fully saturated rings. The Morgan fingerprint density at radius 1 is 1.28 bits per heavy atom. The zero-order chi connectivity index (χ0) is 13.3. The Kier molecular flexibility index (Phi) is 3.60. The van der Waals surface area contributed by atoms with E-state index in [0.717, 1.165) is 23.2 Å². The lowest BCUT2D eigenvalue weighted by Crippen LogP contribution is -2.36. The van der Waals surface area contributed by atoms with Crippen LogP contribution in [0.15, 0.2) is 14.7 Å². The fourth-order valence-electron chi connectivity index (χ4n) is 1.69. The van der Waals surface area contributed by atoms with Crippen LogP contribution >= 0.6 is 11.8 Å². The van der Waals surface area contributed by atoms with Gasteiger partial charge in [-0.05, 0) is 6.42 Å². The number of hydrogen-bond acceptors (Lipinski definition) is 4. The second-order valence-electron chi connectivity index (χ2n) is 4.15. The van der Waals surface area contributed by atoms with Gasteiger partial charge in [-0.2, -0.15) is 0 Å². The first-order valence-electron chi connectivity index (χ1n) is 5.84. The molecule has 0 aliphatic heterocycles. The molecular weight excluding hydrogens is 252 g/mol. The van der Waals surface area contributed by atoms with Crippen LogP contribution in [0.3, 0.4) is 0 Å². The van der Waals surface area contributed by atoms with Gasteiger partial charge in [0.2, 0.25) is 0 Å². The van der Waals surface area contributed by atoms with Crippen LogP contribution in [0.4, 0.5) is 0 Å². The van der Waals surface area contributed by atoms with Crippen LogP contribution in [0.1, 0.15) is 19.8 Å². The van der Waals surface area contributed by atoms with Gasteiger partial charge >= 0.3 is 5.69 Å². The fraction of sp³-hybridized carbons (Fsp3) is 0.545. The molecular formula is C11H16N4O2S. The highest BCUT2D eigenvalue weighted by molar-refractivity contribution is 7.99. The van der Waals surface area contributed by atoms with Gasteiger partial charge in [0, 0.05) is 19.8 Å². The Hall–Kier alpha value is -1.50. The van der Waals surface area contributed by atoms with Crippen LogP contribution in [0.25, 0.3) is 11.2 Å². The van der Waals surface area contributed by atoms with Crippen LogP contribution in [0, 0.1) is 0 Å². The summed E-state index contributed by atoms with van der Waals surface area (Å²) in [6.07, 6.45) is 2.21. The van der Waals surface area contributed by atoms with Crippen molar-refractivity contribution < 1.29 is 0 Å². The number of nitrogens with one attached hydrogen (secondary N) is 1. The molecule has 0 saturated heterocycles. The molecule has 18 heavy (non-hydrogen) atoms. The summed E-state index contributed by atoms with van der Waals surface area (Å²) in [5, 5.41) is 0.691. The summed E-state index contributed by atoms with van der Waals surface area (Å²) in [6, 6.07) is 0. The minimum Gasteiger partial charge on any atom is -0.327 e. The summed E-state index contributed by atoms with van der Waals surface area (Å²) in [5.41, 5.74) is 0.118. The third-order valence-electron chi connectivity index (χ3n) is 2.81. The predicted octanol–water partition coefficient (Wildman–Crippen LogP) is 0.852. The number of fused-ring (bicyclic) bond motifs is 1. The van der Waals surface area contributed by atoms with Gasteiger partial charge in [0.25, 0.3) is 5.56 Å². The second kappa shape index (κ2) is 5.01. The Morgan fingerprint density at radius 3 is 2.67 bits per heavy atom. The number of imidazole rings is 1. The number of aryl methyl sites for hydroxylation is 1. The van der Waals surface area contributed by atoms with Crippen LogP contribution in [-0.4, -0.2) is 24.9 Å². The minimum absolute atomic E-state index is 0.331. The van der Waals surface area contributed by atoms with Crippen molar-refractivity contribution in [2.45, 2.75) is 24.9 Å². The molecule has 98 valence electrons. The van der Waals surface area contributed by atoms with E-state index in [1.807, 2.05) is 0 Å². The molecule has 7 heteroatoms. The number of thioether (sulfide) groups is 1. The van der Waals surface area contributed by atoms with Crippen molar-refractivity contribution in [1.82, 2.24) is 19.1 Å². The number of aromatic nitrogens is 4.